The van der Waals surface area contributed by atoms with Gasteiger partial charge in [0.2, 0.25) is 0 Å². The molecule has 0 saturated heterocycles. The lowest BCUT2D eigenvalue weighted by atomic mass is 10.1. The van der Waals surface area contributed by atoms with Gasteiger partial charge in [-0.15, -0.1) is 0 Å². The second kappa shape index (κ2) is 6.86. The van der Waals surface area contributed by atoms with Crippen LogP contribution in [-0.4, -0.2) is 6.04 Å². The second-order valence-corrected chi connectivity index (χ2v) is 2.98. The van der Waals surface area contributed by atoms with Crippen LogP contribution in [0.3, 0.4) is 0 Å². The van der Waals surface area contributed by atoms with Gasteiger partial charge in [-0.05, 0) is 19.8 Å². The van der Waals surface area contributed by atoms with Crippen molar-refractivity contribution >= 4 is 0 Å². The topological polar surface area (TPSA) is 26.0 Å². The Morgan fingerprint density at radius 1 is 1.50 bits per heavy atom. The van der Waals surface area contributed by atoms with E-state index >= 15 is 0 Å². The molecule has 0 aliphatic carbocycles. The van der Waals surface area contributed by atoms with Gasteiger partial charge in [0, 0.05) is 6.04 Å². The molecule has 1 atom stereocenters. The third-order valence-corrected chi connectivity index (χ3v) is 1.62. The average molecular weight is 165 g/mol. The minimum absolute atomic E-state index is 0.258. The van der Waals surface area contributed by atoms with Gasteiger partial charge < -0.3 is 5.73 Å². The summed E-state index contributed by atoms with van der Waals surface area (Å²) in [5.74, 6) is 0. The van der Waals surface area contributed by atoms with Crippen LogP contribution in [0, 0.1) is 0 Å². The van der Waals surface area contributed by atoms with E-state index < -0.39 is 0 Å². The van der Waals surface area contributed by atoms with Crippen LogP contribution in [0.25, 0.3) is 0 Å². The average Bonchev–Trinajstić information content (AvgIpc) is 2.02. The molecule has 1 nitrogen and oxygen atoms in total. The molecule has 0 aliphatic heterocycles. The summed E-state index contributed by atoms with van der Waals surface area (Å²) in [6.45, 7) is 7.78. The van der Waals surface area contributed by atoms with Crippen LogP contribution in [-0.2, 0) is 0 Å². The molecule has 0 heterocycles. The Hall–Kier alpha value is -0.820. The Morgan fingerprint density at radius 2 is 2.17 bits per heavy atom. The van der Waals surface area contributed by atoms with Crippen LogP contribution in [0.5, 0.6) is 0 Å². The van der Waals surface area contributed by atoms with Crippen LogP contribution in [0.2, 0.25) is 0 Å². The van der Waals surface area contributed by atoms with Crippen molar-refractivity contribution in [2.45, 2.75) is 32.7 Å². The van der Waals surface area contributed by atoms with E-state index in [0.717, 1.165) is 12.8 Å². The molecule has 0 amide bonds. The monoisotopic (exact) mass is 165 g/mol. The molecule has 0 radical (unpaired) electrons. The van der Waals surface area contributed by atoms with E-state index in [-0.39, 0.29) is 6.04 Å². The minimum Gasteiger partial charge on any atom is -0.328 e. The van der Waals surface area contributed by atoms with Gasteiger partial charge in [0.1, 0.15) is 0 Å². The standard InChI is InChI=1S/C11H19N/c1-4-6-7-8-11(5-2)9-10(3)12/h4,6-8,10H,1,5,9,12H2,2-3H3/b7-6-,11-8-. The van der Waals surface area contributed by atoms with Crippen molar-refractivity contribution in [3.63, 3.8) is 0 Å². The van der Waals surface area contributed by atoms with Crippen molar-refractivity contribution < 1.29 is 0 Å². The Labute approximate surface area is 75.7 Å². The van der Waals surface area contributed by atoms with Gasteiger partial charge in [-0.2, -0.15) is 0 Å². The van der Waals surface area contributed by atoms with E-state index in [4.69, 9.17) is 5.73 Å². The summed E-state index contributed by atoms with van der Waals surface area (Å²) in [5, 5.41) is 0. The van der Waals surface area contributed by atoms with Crippen molar-refractivity contribution in [3.05, 3.63) is 36.5 Å². The van der Waals surface area contributed by atoms with Gasteiger partial charge in [0.05, 0.1) is 0 Å². The smallest absolute Gasteiger partial charge is 0.00477 e. The van der Waals surface area contributed by atoms with Crippen LogP contribution in [0.1, 0.15) is 26.7 Å². The molecule has 0 aromatic rings. The van der Waals surface area contributed by atoms with E-state index in [2.05, 4.69) is 19.6 Å². The number of hydrogen-bond acceptors (Lipinski definition) is 1. The van der Waals surface area contributed by atoms with Gasteiger partial charge in [0.25, 0.3) is 0 Å². The molecule has 1 heteroatoms. The maximum absolute atomic E-state index is 5.69. The lowest BCUT2D eigenvalue weighted by Gasteiger charge is -2.06. The Morgan fingerprint density at radius 3 is 2.58 bits per heavy atom. The third-order valence-electron chi connectivity index (χ3n) is 1.62. The summed E-state index contributed by atoms with van der Waals surface area (Å²) >= 11 is 0. The summed E-state index contributed by atoms with van der Waals surface area (Å²) in [5.41, 5.74) is 7.08. The largest absolute Gasteiger partial charge is 0.328 e. The minimum atomic E-state index is 0.258. The third kappa shape index (κ3) is 5.93. The highest BCUT2D eigenvalue weighted by Gasteiger charge is 1.96. The first-order valence-corrected chi connectivity index (χ1v) is 4.43. The molecule has 12 heavy (non-hydrogen) atoms. The molecule has 1 unspecified atom stereocenters. The fourth-order valence-corrected chi connectivity index (χ4v) is 1.01. The zero-order valence-corrected chi connectivity index (χ0v) is 8.09. The highest BCUT2D eigenvalue weighted by Crippen LogP contribution is 2.08. The molecule has 68 valence electrons. The first-order valence-electron chi connectivity index (χ1n) is 4.43. The van der Waals surface area contributed by atoms with Gasteiger partial charge >= 0.3 is 0 Å². The highest BCUT2D eigenvalue weighted by molar-refractivity contribution is 5.16. The molecular weight excluding hydrogens is 146 g/mol. The van der Waals surface area contributed by atoms with Crippen molar-refractivity contribution in [1.29, 1.82) is 0 Å². The number of nitrogens with two attached hydrogens (primary N) is 1. The molecule has 0 aliphatic rings. The molecule has 0 rings (SSSR count). The number of hydrogen-bond donors (Lipinski definition) is 1. The normalized spacial score (nSPS) is 15.1. The zero-order chi connectivity index (χ0) is 9.40. The van der Waals surface area contributed by atoms with Crippen LogP contribution < -0.4 is 5.73 Å². The van der Waals surface area contributed by atoms with Gasteiger partial charge in [-0.3, -0.25) is 0 Å². The molecule has 0 aromatic heterocycles. The Kier molecular flexibility index (Phi) is 6.39. The Bertz CT molecular complexity index is 175. The van der Waals surface area contributed by atoms with Crippen molar-refractivity contribution in [2.75, 3.05) is 0 Å². The van der Waals surface area contributed by atoms with Crippen LogP contribution in [0.15, 0.2) is 36.5 Å². The lowest BCUT2D eigenvalue weighted by Crippen LogP contribution is -2.15. The van der Waals surface area contributed by atoms with Gasteiger partial charge in [0.15, 0.2) is 0 Å². The van der Waals surface area contributed by atoms with Crippen molar-refractivity contribution in [3.8, 4) is 0 Å². The van der Waals surface area contributed by atoms with E-state index in [1.807, 2.05) is 19.1 Å². The van der Waals surface area contributed by atoms with E-state index in [9.17, 15) is 0 Å². The summed E-state index contributed by atoms with van der Waals surface area (Å²) in [6, 6.07) is 0.258. The Balaban J connectivity index is 4.03. The molecule has 0 fully saturated rings. The summed E-state index contributed by atoms with van der Waals surface area (Å²) in [6.07, 6.45) is 9.88. The van der Waals surface area contributed by atoms with Crippen LogP contribution in [0.4, 0.5) is 0 Å². The van der Waals surface area contributed by atoms with Crippen molar-refractivity contribution in [1.82, 2.24) is 0 Å². The fraction of sp³-hybridized carbons (Fsp3) is 0.455. The van der Waals surface area contributed by atoms with E-state index in [0.29, 0.717) is 0 Å². The predicted molar refractivity (Wildman–Crippen MR) is 56.0 cm³/mol. The lowest BCUT2D eigenvalue weighted by molar-refractivity contribution is 0.714. The SMILES string of the molecule is C=C/C=C\C=C(\CC)CC(C)N. The molecule has 0 bridgehead atoms. The molecule has 2 N–H and O–H groups in total. The first-order chi connectivity index (χ1) is 5.70. The maximum Gasteiger partial charge on any atom is 0.00477 e. The zero-order valence-electron chi connectivity index (χ0n) is 8.09. The van der Waals surface area contributed by atoms with E-state index in [1.165, 1.54) is 5.57 Å². The van der Waals surface area contributed by atoms with Gasteiger partial charge in [-0.1, -0.05) is 43.4 Å². The summed E-state index contributed by atoms with van der Waals surface area (Å²) in [4.78, 5) is 0. The molecular formula is C11H19N. The van der Waals surface area contributed by atoms with Gasteiger partial charge in [-0.25, -0.2) is 0 Å². The predicted octanol–water partition coefficient (Wildman–Crippen LogP) is 2.80. The summed E-state index contributed by atoms with van der Waals surface area (Å²) in [7, 11) is 0. The molecule has 0 aromatic carbocycles. The quantitative estimate of drug-likeness (QED) is 0.623. The number of allylic oxidation sites excluding steroid dienone is 4. The fourth-order valence-electron chi connectivity index (χ4n) is 1.01. The number of rotatable bonds is 5. The molecule has 0 spiro atoms. The van der Waals surface area contributed by atoms with E-state index in [1.54, 1.807) is 6.08 Å². The first kappa shape index (κ1) is 11.2. The summed E-state index contributed by atoms with van der Waals surface area (Å²) < 4.78 is 0. The maximum atomic E-state index is 5.69. The van der Waals surface area contributed by atoms with Crippen molar-refractivity contribution in [2.24, 2.45) is 5.73 Å². The van der Waals surface area contributed by atoms with Crippen LogP contribution >= 0.6 is 0 Å². The molecule has 0 saturated carbocycles. The highest BCUT2D eigenvalue weighted by atomic mass is 14.6. The second-order valence-electron chi connectivity index (χ2n) is 2.98.